The van der Waals surface area contributed by atoms with E-state index in [0.717, 1.165) is 0 Å². The normalized spacial score (nSPS) is 39.4. The standard InChI is InChI=1S/C9H17NO6/c1-4(12)10-6-7(13)8(15-2)5(3-11)16-9(6)14/h5-9,11,13-14H,3H2,1-2H3,(H,10,12)/t5-,6-,7-,8-,9?/m1/s1. The number of aliphatic hydroxyl groups excluding tert-OH is 3. The lowest BCUT2D eigenvalue weighted by molar-refractivity contribution is -0.258. The van der Waals surface area contributed by atoms with Crippen LogP contribution in [-0.4, -0.2) is 65.6 Å². The summed E-state index contributed by atoms with van der Waals surface area (Å²) in [5, 5.41) is 30.7. The van der Waals surface area contributed by atoms with Crippen molar-refractivity contribution >= 4 is 5.91 Å². The number of hydrogen-bond acceptors (Lipinski definition) is 6. The zero-order valence-corrected chi connectivity index (χ0v) is 9.16. The van der Waals surface area contributed by atoms with Crippen molar-refractivity contribution in [3.63, 3.8) is 0 Å². The Morgan fingerprint density at radius 3 is 2.56 bits per heavy atom. The van der Waals surface area contributed by atoms with Crippen LogP contribution < -0.4 is 5.32 Å². The summed E-state index contributed by atoms with van der Waals surface area (Å²) in [5.74, 6) is -0.399. The first-order valence-electron chi connectivity index (χ1n) is 4.93. The highest BCUT2D eigenvalue weighted by Crippen LogP contribution is 2.21. The summed E-state index contributed by atoms with van der Waals surface area (Å²) < 4.78 is 10.00. The molecular formula is C9H17NO6. The molecule has 0 radical (unpaired) electrons. The number of methoxy groups -OCH3 is 1. The highest BCUT2D eigenvalue weighted by molar-refractivity contribution is 5.73. The van der Waals surface area contributed by atoms with E-state index in [9.17, 15) is 15.0 Å². The van der Waals surface area contributed by atoms with Gasteiger partial charge in [-0.05, 0) is 0 Å². The van der Waals surface area contributed by atoms with E-state index >= 15 is 0 Å². The van der Waals surface area contributed by atoms with Gasteiger partial charge >= 0.3 is 0 Å². The quantitative estimate of drug-likeness (QED) is 0.433. The monoisotopic (exact) mass is 235 g/mol. The maximum absolute atomic E-state index is 10.9. The number of nitrogens with one attached hydrogen (secondary N) is 1. The first-order chi connectivity index (χ1) is 7.51. The predicted octanol–water partition coefficient (Wildman–Crippen LogP) is -2.42. The minimum atomic E-state index is -1.37. The van der Waals surface area contributed by atoms with Gasteiger partial charge in [0.05, 0.1) is 6.61 Å². The molecule has 1 aliphatic heterocycles. The third-order valence-corrected chi connectivity index (χ3v) is 2.51. The van der Waals surface area contributed by atoms with Gasteiger partial charge in [-0.3, -0.25) is 4.79 Å². The Labute approximate surface area is 93.0 Å². The molecule has 7 heteroatoms. The molecule has 1 amide bonds. The number of carbonyl (C=O) groups excluding carboxylic acids is 1. The molecule has 0 aliphatic carbocycles. The zero-order chi connectivity index (χ0) is 12.3. The van der Waals surface area contributed by atoms with Crippen LogP contribution >= 0.6 is 0 Å². The Morgan fingerprint density at radius 2 is 2.12 bits per heavy atom. The molecule has 0 saturated carbocycles. The van der Waals surface area contributed by atoms with Crippen molar-refractivity contribution in [3.05, 3.63) is 0 Å². The van der Waals surface area contributed by atoms with Crippen molar-refractivity contribution in [2.75, 3.05) is 13.7 Å². The van der Waals surface area contributed by atoms with Crippen LogP contribution in [0, 0.1) is 0 Å². The average Bonchev–Trinajstić information content (AvgIpc) is 2.23. The lowest BCUT2D eigenvalue weighted by atomic mass is 9.97. The molecule has 0 bridgehead atoms. The molecule has 1 heterocycles. The van der Waals surface area contributed by atoms with Crippen molar-refractivity contribution < 1.29 is 29.6 Å². The number of amides is 1. The predicted molar refractivity (Wildman–Crippen MR) is 52.4 cm³/mol. The SMILES string of the molecule is CO[C@H]1[C@H](O)[C@@H](NC(C)=O)C(O)O[C@@H]1CO. The molecular weight excluding hydrogens is 218 g/mol. The molecule has 0 aromatic heterocycles. The summed E-state index contributed by atoms with van der Waals surface area (Å²) in [7, 11) is 1.35. The third-order valence-electron chi connectivity index (χ3n) is 2.51. The summed E-state index contributed by atoms with van der Waals surface area (Å²) in [6.07, 6.45) is -4.14. The smallest absolute Gasteiger partial charge is 0.217 e. The fourth-order valence-corrected chi connectivity index (χ4v) is 1.76. The minimum absolute atomic E-state index is 0.389. The van der Waals surface area contributed by atoms with E-state index in [4.69, 9.17) is 14.6 Å². The Kier molecular flexibility index (Phi) is 4.63. The van der Waals surface area contributed by atoms with Gasteiger partial charge in [-0.1, -0.05) is 0 Å². The Morgan fingerprint density at radius 1 is 1.50 bits per heavy atom. The Hall–Kier alpha value is -0.730. The highest BCUT2D eigenvalue weighted by Gasteiger charge is 2.44. The molecule has 94 valence electrons. The van der Waals surface area contributed by atoms with Crippen LogP contribution in [-0.2, 0) is 14.3 Å². The van der Waals surface area contributed by atoms with E-state index in [0.29, 0.717) is 0 Å². The van der Waals surface area contributed by atoms with Gasteiger partial charge in [-0.15, -0.1) is 0 Å². The van der Waals surface area contributed by atoms with E-state index in [1.807, 2.05) is 0 Å². The topological polar surface area (TPSA) is 108 Å². The molecule has 1 saturated heterocycles. The number of ether oxygens (including phenoxy) is 2. The van der Waals surface area contributed by atoms with Crippen molar-refractivity contribution in [2.45, 2.75) is 37.6 Å². The van der Waals surface area contributed by atoms with Gasteiger partial charge < -0.3 is 30.1 Å². The summed E-state index contributed by atoms with van der Waals surface area (Å²) in [4.78, 5) is 10.9. The molecule has 0 spiro atoms. The van der Waals surface area contributed by atoms with Crippen molar-refractivity contribution in [3.8, 4) is 0 Å². The molecule has 5 atom stereocenters. The number of hydrogen-bond donors (Lipinski definition) is 4. The van der Waals surface area contributed by atoms with Gasteiger partial charge in [0, 0.05) is 14.0 Å². The third kappa shape index (κ3) is 2.69. The zero-order valence-electron chi connectivity index (χ0n) is 9.16. The molecule has 16 heavy (non-hydrogen) atoms. The second-order valence-corrected chi connectivity index (χ2v) is 3.66. The maximum Gasteiger partial charge on any atom is 0.217 e. The molecule has 0 aromatic rings. The van der Waals surface area contributed by atoms with E-state index < -0.39 is 36.6 Å². The van der Waals surface area contributed by atoms with Crippen LogP contribution in [0.15, 0.2) is 0 Å². The summed E-state index contributed by atoms with van der Waals surface area (Å²) in [6, 6.07) is -0.967. The first kappa shape index (κ1) is 13.3. The Bertz CT molecular complexity index is 248. The van der Waals surface area contributed by atoms with Crippen LogP contribution in [0.5, 0.6) is 0 Å². The van der Waals surface area contributed by atoms with Crippen molar-refractivity contribution in [1.29, 1.82) is 0 Å². The van der Waals surface area contributed by atoms with Crippen LogP contribution in [0.1, 0.15) is 6.92 Å². The van der Waals surface area contributed by atoms with E-state index in [-0.39, 0.29) is 6.61 Å². The van der Waals surface area contributed by atoms with Crippen LogP contribution in [0.3, 0.4) is 0 Å². The number of carbonyl (C=O) groups is 1. The minimum Gasteiger partial charge on any atom is -0.394 e. The van der Waals surface area contributed by atoms with Crippen molar-refractivity contribution in [1.82, 2.24) is 5.32 Å². The molecule has 0 aromatic carbocycles. The summed E-state index contributed by atoms with van der Waals surface area (Å²) >= 11 is 0. The van der Waals surface area contributed by atoms with Crippen molar-refractivity contribution in [2.24, 2.45) is 0 Å². The van der Waals surface area contributed by atoms with Gasteiger partial charge in [0.15, 0.2) is 6.29 Å². The number of rotatable bonds is 3. The van der Waals surface area contributed by atoms with E-state index in [2.05, 4.69) is 5.32 Å². The fraction of sp³-hybridized carbons (Fsp3) is 0.889. The van der Waals surface area contributed by atoms with E-state index in [1.165, 1.54) is 14.0 Å². The van der Waals surface area contributed by atoms with Gasteiger partial charge in [-0.25, -0.2) is 0 Å². The molecule has 1 rings (SSSR count). The van der Waals surface area contributed by atoms with Gasteiger partial charge in [0.25, 0.3) is 0 Å². The molecule has 7 nitrogen and oxygen atoms in total. The van der Waals surface area contributed by atoms with Gasteiger partial charge in [0.1, 0.15) is 24.4 Å². The van der Waals surface area contributed by atoms with Crippen LogP contribution in [0.2, 0.25) is 0 Å². The van der Waals surface area contributed by atoms with Gasteiger partial charge in [-0.2, -0.15) is 0 Å². The fourth-order valence-electron chi connectivity index (χ4n) is 1.76. The van der Waals surface area contributed by atoms with Crippen LogP contribution in [0.4, 0.5) is 0 Å². The van der Waals surface area contributed by atoms with Crippen LogP contribution in [0.25, 0.3) is 0 Å². The first-order valence-corrected chi connectivity index (χ1v) is 4.93. The molecule has 4 N–H and O–H groups in total. The lowest BCUT2D eigenvalue weighted by Crippen LogP contribution is -2.64. The summed E-state index contributed by atoms with van der Waals surface area (Å²) in [5.41, 5.74) is 0. The second kappa shape index (κ2) is 5.55. The highest BCUT2D eigenvalue weighted by atomic mass is 16.6. The maximum atomic E-state index is 10.9. The average molecular weight is 235 g/mol. The molecule has 1 unspecified atom stereocenters. The summed E-state index contributed by atoms with van der Waals surface area (Å²) in [6.45, 7) is 0.874. The second-order valence-electron chi connectivity index (χ2n) is 3.66. The molecule has 1 fully saturated rings. The van der Waals surface area contributed by atoms with E-state index in [1.54, 1.807) is 0 Å². The lowest BCUT2D eigenvalue weighted by Gasteiger charge is -2.41. The largest absolute Gasteiger partial charge is 0.394 e. The number of aliphatic hydroxyl groups is 3. The van der Waals surface area contributed by atoms with Gasteiger partial charge in [0.2, 0.25) is 5.91 Å². The Balaban J connectivity index is 2.76. The molecule has 1 aliphatic rings.